The summed E-state index contributed by atoms with van der Waals surface area (Å²) in [5.74, 6) is 3.28. The van der Waals surface area contributed by atoms with Gasteiger partial charge in [0.15, 0.2) is 5.82 Å². The third-order valence-corrected chi connectivity index (χ3v) is 4.75. The van der Waals surface area contributed by atoms with Crippen molar-refractivity contribution in [1.29, 1.82) is 0 Å². The van der Waals surface area contributed by atoms with E-state index in [1.165, 1.54) is 25.7 Å². The summed E-state index contributed by atoms with van der Waals surface area (Å²) in [5, 5.41) is 7.76. The molecule has 3 heterocycles. The molecule has 23 heavy (non-hydrogen) atoms. The third kappa shape index (κ3) is 3.61. The Hall–Kier alpha value is -1.73. The minimum absolute atomic E-state index is 0.496. The van der Waals surface area contributed by atoms with E-state index in [0.717, 1.165) is 43.7 Å². The molecule has 2 aliphatic rings. The fraction of sp³-hybridized carbons (Fsp3) is 0.688. The predicted octanol–water partition coefficient (Wildman–Crippen LogP) is 1.43. The summed E-state index contributed by atoms with van der Waals surface area (Å²) < 4.78 is 7.41. The number of rotatable bonds is 6. The minimum Gasteiger partial charge on any atom is -0.339 e. The molecule has 0 radical (unpaired) electrons. The van der Waals surface area contributed by atoms with Crippen molar-refractivity contribution in [3.8, 4) is 0 Å². The van der Waals surface area contributed by atoms with Gasteiger partial charge in [0.05, 0.1) is 13.1 Å². The number of nitrogens with zero attached hydrogens (tertiary/aromatic N) is 5. The van der Waals surface area contributed by atoms with E-state index in [4.69, 9.17) is 4.52 Å². The molecule has 0 bridgehead atoms. The molecule has 1 saturated heterocycles. The van der Waals surface area contributed by atoms with E-state index in [-0.39, 0.29) is 0 Å². The van der Waals surface area contributed by atoms with Gasteiger partial charge in [-0.1, -0.05) is 5.16 Å². The molecular formula is C16H24N6O. The Morgan fingerprint density at radius 3 is 3.04 bits per heavy atom. The summed E-state index contributed by atoms with van der Waals surface area (Å²) in [6.45, 7) is 3.73. The molecule has 0 spiro atoms. The third-order valence-electron chi connectivity index (χ3n) is 4.75. The second-order valence-corrected chi connectivity index (χ2v) is 6.73. The maximum Gasteiger partial charge on any atom is 0.229 e. The van der Waals surface area contributed by atoms with Gasteiger partial charge in [-0.3, -0.25) is 4.90 Å². The molecule has 2 fully saturated rings. The van der Waals surface area contributed by atoms with Gasteiger partial charge in [0.25, 0.3) is 0 Å². The van der Waals surface area contributed by atoms with E-state index in [9.17, 15) is 0 Å². The zero-order chi connectivity index (χ0) is 15.6. The average Bonchev–Trinajstić information content (AvgIpc) is 3.17. The zero-order valence-electron chi connectivity index (χ0n) is 13.6. The molecule has 2 aromatic heterocycles. The van der Waals surface area contributed by atoms with Gasteiger partial charge in [0.1, 0.15) is 5.82 Å². The second-order valence-electron chi connectivity index (χ2n) is 6.73. The molecule has 124 valence electrons. The van der Waals surface area contributed by atoms with Gasteiger partial charge in [-0.15, -0.1) is 0 Å². The Morgan fingerprint density at radius 1 is 1.35 bits per heavy atom. The van der Waals surface area contributed by atoms with Crippen LogP contribution in [0.3, 0.4) is 0 Å². The Labute approximate surface area is 136 Å². The van der Waals surface area contributed by atoms with Crippen LogP contribution in [0.5, 0.6) is 0 Å². The van der Waals surface area contributed by atoms with Gasteiger partial charge in [0, 0.05) is 37.9 Å². The molecule has 0 aromatic carbocycles. The zero-order valence-corrected chi connectivity index (χ0v) is 13.6. The topological polar surface area (TPSA) is 72.0 Å². The molecule has 1 aliphatic carbocycles. The van der Waals surface area contributed by atoms with Crippen LogP contribution in [-0.2, 0) is 20.1 Å². The smallest absolute Gasteiger partial charge is 0.229 e. The van der Waals surface area contributed by atoms with Crippen LogP contribution in [0.25, 0.3) is 0 Å². The number of imidazole rings is 1. The molecule has 7 nitrogen and oxygen atoms in total. The van der Waals surface area contributed by atoms with Crippen molar-refractivity contribution in [1.82, 2.24) is 29.9 Å². The summed E-state index contributed by atoms with van der Waals surface area (Å²) in [5.41, 5.74) is 0. The van der Waals surface area contributed by atoms with E-state index in [1.54, 1.807) is 0 Å². The Morgan fingerprint density at radius 2 is 2.26 bits per heavy atom. The molecule has 1 atom stereocenters. The predicted molar refractivity (Wildman–Crippen MR) is 84.6 cm³/mol. The van der Waals surface area contributed by atoms with E-state index in [2.05, 4.69) is 29.9 Å². The van der Waals surface area contributed by atoms with Gasteiger partial charge < -0.3 is 14.4 Å². The molecule has 1 aliphatic heterocycles. The molecule has 0 amide bonds. The molecule has 4 rings (SSSR count). The Bertz CT molecular complexity index is 647. The lowest BCUT2D eigenvalue weighted by atomic mass is 10.1. The Kier molecular flexibility index (Phi) is 4.13. The SMILES string of the molecule is Cn1ccnc1CN[C@@H]1CCCN(Cc2noc(C3CC3)n2)C1. The van der Waals surface area contributed by atoms with Crippen LogP contribution >= 0.6 is 0 Å². The van der Waals surface area contributed by atoms with Crippen molar-refractivity contribution < 1.29 is 4.52 Å². The van der Waals surface area contributed by atoms with Crippen LogP contribution in [0.15, 0.2) is 16.9 Å². The van der Waals surface area contributed by atoms with Gasteiger partial charge in [-0.25, -0.2) is 4.98 Å². The molecule has 1 N–H and O–H groups in total. The Balaban J connectivity index is 1.28. The highest BCUT2D eigenvalue weighted by Crippen LogP contribution is 2.38. The highest BCUT2D eigenvalue weighted by molar-refractivity contribution is 5.02. The van der Waals surface area contributed by atoms with Crippen molar-refractivity contribution in [3.05, 3.63) is 29.9 Å². The fourth-order valence-corrected chi connectivity index (χ4v) is 3.20. The number of likely N-dealkylation sites (tertiary alicyclic amines) is 1. The van der Waals surface area contributed by atoms with Gasteiger partial charge >= 0.3 is 0 Å². The van der Waals surface area contributed by atoms with E-state index in [1.807, 2.05) is 19.4 Å². The molecule has 2 aromatic rings. The maximum absolute atomic E-state index is 5.35. The summed E-state index contributed by atoms with van der Waals surface area (Å²) >= 11 is 0. The van der Waals surface area contributed by atoms with Crippen LogP contribution in [0, 0.1) is 0 Å². The number of hydrogen-bond acceptors (Lipinski definition) is 6. The first-order chi connectivity index (χ1) is 11.3. The number of hydrogen-bond donors (Lipinski definition) is 1. The van der Waals surface area contributed by atoms with E-state index >= 15 is 0 Å². The monoisotopic (exact) mass is 316 g/mol. The van der Waals surface area contributed by atoms with Crippen LogP contribution in [0.1, 0.15) is 49.1 Å². The largest absolute Gasteiger partial charge is 0.339 e. The van der Waals surface area contributed by atoms with Gasteiger partial charge in [-0.05, 0) is 32.2 Å². The first-order valence-corrected chi connectivity index (χ1v) is 8.52. The van der Waals surface area contributed by atoms with Crippen LogP contribution in [-0.4, -0.2) is 43.7 Å². The number of aryl methyl sites for hydroxylation is 1. The molecule has 0 unspecified atom stereocenters. The second kappa shape index (κ2) is 6.41. The maximum atomic E-state index is 5.35. The number of piperidine rings is 1. The first kappa shape index (κ1) is 14.8. The van der Waals surface area contributed by atoms with E-state index < -0.39 is 0 Å². The molecule has 1 saturated carbocycles. The highest BCUT2D eigenvalue weighted by atomic mass is 16.5. The van der Waals surface area contributed by atoms with Crippen molar-refractivity contribution >= 4 is 0 Å². The van der Waals surface area contributed by atoms with Crippen LogP contribution in [0.2, 0.25) is 0 Å². The summed E-state index contributed by atoms with van der Waals surface area (Å²) in [6, 6.07) is 0.496. The lowest BCUT2D eigenvalue weighted by Gasteiger charge is -2.32. The average molecular weight is 316 g/mol. The van der Waals surface area contributed by atoms with Crippen molar-refractivity contribution in [2.45, 2.75) is 50.7 Å². The highest BCUT2D eigenvalue weighted by Gasteiger charge is 2.30. The quantitative estimate of drug-likeness (QED) is 0.869. The molecule has 7 heteroatoms. The number of aromatic nitrogens is 4. The number of nitrogens with one attached hydrogen (secondary N) is 1. The molecular weight excluding hydrogens is 292 g/mol. The summed E-state index contributed by atoms with van der Waals surface area (Å²) in [7, 11) is 2.03. The van der Waals surface area contributed by atoms with Crippen LogP contribution < -0.4 is 5.32 Å². The van der Waals surface area contributed by atoms with Crippen molar-refractivity contribution in [3.63, 3.8) is 0 Å². The first-order valence-electron chi connectivity index (χ1n) is 8.52. The van der Waals surface area contributed by atoms with Crippen LogP contribution in [0.4, 0.5) is 0 Å². The lowest BCUT2D eigenvalue weighted by Crippen LogP contribution is -2.45. The van der Waals surface area contributed by atoms with Crippen molar-refractivity contribution in [2.75, 3.05) is 13.1 Å². The normalized spacial score (nSPS) is 22.6. The fourth-order valence-electron chi connectivity index (χ4n) is 3.20. The standard InChI is InChI=1S/C16H24N6O/c1-21-8-6-17-15(21)9-18-13-3-2-7-22(10-13)11-14-19-16(23-20-14)12-4-5-12/h6,8,12-13,18H,2-5,7,9-11H2,1H3/t13-/m1/s1. The van der Waals surface area contributed by atoms with E-state index in [0.29, 0.717) is 12.0 Å². The summed E-state index contributed by atoms with van der Waals surface area (Å²) in [4.78, 5) is 11.3. The minimum atomic E-state index is 0.496. The van der Waals surface area contributed by atoms with Gasteiger partial charge in [-0.2, -0.15) is 4.98 Å². The van der Waals surface area contributed by atoms with Crippen molar-refractivity contribution in [2.24, 2.45) is 7.05 Å². The van der Waals surface area contributed by atoms with Gasteiger partial charge in [0.2, 0.25) is 5.89 Å². The lowest BCUT2D eigenvalue weighted by molar-refractivity contribution is 0.176. The summed E-state index contributed by atoms with van der Waals surface area (Å²) in [6.07, 6.45) is 8.64.